The number of azide groups is 1. The second-order valence-electron chi connectivity index (χ2n) is 7.75. The fraction of sp³-hybridized carbons (Fsp3) is 0.450. The average Bonchev–Trinajstić information content (AvgIpc) is 3.25. The summed E-state index contributed by atoms with van der Waals surface area (Å²) in [6, 6.07) is 8.61. The zero-order valence-electron chi connectivity index (χ0n) is 18.6. The number of nitrogens with zero attached hydrogens (tertiary/aromatic N) is 4. The molecule has 2 rings (SSSR count). The second kappa shape index (κ2) is 11.9. The zero-order valence-corrected chi connectivity index (χ0v) is 20.3. The highest BCUT2D eigenvalue weighted by Crippen LogP contribution is 2.23. The molecule has 1 aromatic carbocycles. The SMILES string of the molecule is BC(=O)N[C@H](CN(CC(C)C)S(=O)(=O)c1ccc(OC)cc1)[C@H](Cc1cccs1)N=[N+]=[N-]. The van der Waals surface area contributed by atoms with Crippen LogP contribution in [0, 0.1) is 5.92 Å². The fourth-order valence-electron chi connectivity index (χ4n) is 3.28. The van der Waals surface area contributed by atoms with E-state index in [0.29, 0.717) is 12.2 Å². The van der Waals surface area contributed by atoms with Crippen molar-refractivity contribution in [3.05, 3.63) is 57.1 Å². The second-order valence-corrected chi connectivity index (χ2v) is 10.7. The Balaban J connectivity index is 2.40. The van der Waals surface area contributed by atoms with Crippen LogP contribution in [0.1, 0.15) is 18.7 Å². The summed E-state index contributed by atoms with van der Waals surface area (Å²) in [5.74, 6) is 0.261. The van der Waals surface area contributed by atoms with E-state index in [2.05, 4.69) is 15.3 Å². The Morgan fingerprint density at radius 3 is 2.47 bits per heavy atom. The van der Waals surface area contributed by atoms with E-state index in [1.165, 1.54) is 42.7 Å². The van der Waals surface area contributed by atoms with Crippen molar-refractivity contribution in [3.63, 3.8) is 0 Å². The molecule has 1 N–H and O–H groups in total. The minimum atomic E-state index is -3.87. The molecular formula is C20H28BN5O4S2. The first-order chi connectivity index (χ1) is 15.2. The summed E-state index contributed by atoms with van der Waals surface area (Å²) in [6.07, 6.45) is 0.394. The maximum absolute atomic E-state index is 13.5. The molecule has 2 atom stereocenters. The van der Waals surface area contributed by atoms with Crippen LogP contribution in [0.15, 0.2) is 51.8 Å². The van der Waals surface area contributed by atoms with Gasteiger partial charge in [0.2, 0.25) is 17.9 Å². The number of nitrogens with one attached hydrogen (secondary N) is 1. The summed E-state index contributed by atoms with van der Waals surface area (Å²) >= 11 is 1.51. The normalized spacial score (nSPS) is 13.4. The molecule has 1 amide bonds. The van der Waals surface area contributed by atoms with Crippen molar-refractivity contribution in [2.75, 3.05) is 20.2 Å². The topological polar surface area (TPSA) is 124 Å². The lowest BCUT2D eigenvalue weighted by atomic mass is 10.0. The third-order valence-corrected chi connectivity index (χ3v) is 7.45. The van der Waals surface area contributed by atoms with Gasteiger partial charge >= 0.3 is 0 Å². The molecule has 0 aliphatic rings. The Morgan fingerprint density at radius 2 is 1.97 bits per heavy atom. The zero-order chi connectivity index (χ0) is 23.7. The van der Waals surface area contributed by atoms with Gasteiger partial charge in [0.25, 0.3) is 0 Å². The molecule has 0 aliphatic heterocycles. The number of carbonyl (C=O) groups is 1. The van der Waals surface area contributed by atoms with Crippen LogP contribution in [-0.2, 0) is 16.4 Å². The quantitative estimate of drug-likeness (QED) is 0.218. The monoisotopic (exact) mass is 477 g/mol. The lowest BCUT2D eigenvalue weighted by Gasteiger charge is -2.31. The molecule has 0 saturated carbocycles. The number of rotatable bonds is 12. The van der Waals surface area contributed by atoms with Crippen LogP contribution in [0.2, 0.25) is 0 Å². The number of thiophene rings is 1. The van der Waals surface area contributed by atoms with Crippen molar-refractivity contribution in [2.45, 2.75) is 37.2 Å². The predicted octanol–water partition coefficient (Wildman–Crippen LogP) is 3.04. The minimum Gasteiger partial charge on any atom is -0.497 e. The van der Waals surface area contributed by atoms with Gasteiger partial charge in [0, 0.05) is 22.9 Å². The molecule has 0 saturated heterocycles. The molecule has 172 valence electrons. The molecule has 1 aromatic heterocycles. The first-order valence-electron chi connectivity index (χ1n) is 10.1. The van der Waals surface area contributed by atoms with Gasteiger partial charge in [-0.15, -0.1) is 11.3 Å². The van der Waals surface area contributed by atoms with Crippen LogP contribution >= 0.6 is 11.3 Å². The molecule has 0 spiro atoms. The van der Waals surface area contributed by atoms with Crippen LogP contribution in [0.4, 0.5) is 4.79 Å². The van der Waals surface area contributed by atoms with Crippen LogP contribution in [0.5, 0.6) is 5.75 Å². The molecule has 0 aliphatic carbocycles. The van der Waals surface area contributed by atoms with Gasteiger partial charge in [-0.05, 0) is 53.6 Å². The van der Waals surface area contributed by atoms with E-state index in [1.807, 2.05) is 31.4 Å². The Morgan fingerprint density at radius 1 is 1.28 bits per heavy atom. The van der Waals surface area contributed by atoms with E-state index in [9.17, 15) is 13.2 Å². The maximum atomic E-state index is 13.5. The summed E-state index contributed by atoms with van der Waals surface area (Å²) in [7, 11) is -1.00. The molecule has 0 radical (unpaired) electrons. The van der Waals surface area contributed by atoms with E-state index in [0.717, 1.165) is 4.88 Å². The fourth-order valence-corrected chi connectivity index (χ4v) is 5.67. The molecule has 1 heterocycles. The van der Waals surface area contributed by atoms with Gasteiger partial charge in [0.1, 0.15) is 5.75 Å². The number of hydrogen-bond donors (Lipinski definition) is 1. The van der Waals surface area contributed by atoms with Gasteiger partial charge in [-0.1, -0.05) is 25.0 Å². The third-order valence-electron chi connectivity index (χ3n) is 4.71. The third kappa shape index (κ3) is 7.27. The lowest BCUT2D eigenvalue weighted by Crippen LogP contribution is -2.52. The van der Waals surface area contributed by atoms with E-state index in [-0.39, 0.29) is 29.7 Å². The van der Waals surface area contributed by atoms with Gasteiger partial charge in [-0.3, -0.25) is 4.79 Å². The first-order valence-corrected chi connectivity index (χ1v) is 12.5. The smallest absolute Gasteiger partial charge is 0.243 e. The Hall–Kier alpha value is -2.53. The summed E-state index contributed by atoms with van der Waals surface area (Å²) in [6.45, 7) is 4.05. The summed E-state index contributed by atoms with van der Waals surface area (Å²) < 4.78 is 33.4. The Bertz CT molecular complexity index is 1020. The van der Waals surface area contributed by atoms with Crippen molar-refractivity contribution >= 4 is 35.0 Å². The highest BCUT2D eigenvalue weighted by Gasteiger charge is 2.31. The molecule has 12 heteroatoms. The van der Waals surface area contributed by atoms with Crippen molar-refractivity contribution in [1.82, 2.24) is 9.62 Å². The van der Waals surface area contributed by atoms with Crippen LogP contribution in [0.25, 0.3) is 10.4 Å². The first kappa shape index (κ1) is 25.7. The van der Waals surface area contributed by atoms with Crippen molar-refractivity contribution in [1.29, 1.82) is 0 Å². The molecular weight excluding hydrogens is 449 g/mol. The van der Waals surface area contributed by atoms with Crippen molar-refractivity contribution in [2.24, 2.45) is 11.0 Å². The Labute approximate surface area is 193 Å². The van der Waals surface area contributed by atoms with E-state index < -0.39 is 22.1 Å². The van der Waals surface area contributed by atoms with Crippen LogP contribution < -0.4 is 10.1 Å². The minimum absolute atomic E-state index is 0.0266. The Kier molecular flexibility index (Phi) is 9.58. The summed E-state index contributed by atoms with van der Waals surface area (Å²) in [4.78, 5) is 16.0. The van der Waals surface area contributed by atoms with Gasteiger partial charge in [0.05, 0.1) is 24.1 Å². The maximum Gasteiger partial charge on any atom is 0.243 e. The molecule has 0 unspecified atom stereocenters. The van der Waals surface area contributed by atoms with Crippen molar-refractivity contribution < 1.29 is 17.9 Å². The lowest BCUT2D eigenvalue weighted by molar-refractivity contribution is 0.247. The largest absolute Gasteiger partial charge is 0.497 e. The molecule has 2 aromatic rings. The van der Waals surface area contributed by atoms with E-state index in [1.54, 1.807) is 12.1 Å². The van der Waals surface area contributed by atoms with Crippen LogP contribution in [-0.4, -0.2) is 58.7 Å². The number of hydrogen-bond acceptors (Lipinski definition) is 6. The standard InChI is InChI=1S/C20H28BN5O4S2/c1-14(2)12-26(32(28,29)17-8-6-15(30-3)7-9-17)13-19(23-20(21)27)18(24-25-22)11-16-5-4-10-31-16/h4-10,14,18-19H,11-13,21H2,1-3H3,(H,23,27)/t18-,19+/m0/s1. The number of sulfonamides is 1. The summed E-state index contributed by atoms with van der Waals surface area (Å²) in [5, 5.41) is 8.61. The highest BCUT2D eigenvalue weighted by atomic mass is 32.2. The molecule has 0 fully saturated rings. The number of benzene rings is 1. The molecule has 32 heavy (non-hydrogen) atoms. The van der Waals surface area contributed by atoms with E-state index in [4.69, 9.17) is 10.3 Å². The molecule has 9 nitrogen and oxygen atoms in total. The van der Waals surface area contributed by atoms with Gasteiger partial charge in [-0.2, -0.15) is 4.31 Å². The average molecular weight is 477 g/mol. The van der Waals surface area contributed by atoms with Gasteiger partial charge in [0.15, 0.2) is 5.81 Å². The van der Waals surface area contributed by atoms with Crippen LogP contribution in [0.3, 0.4) is 0 Å². The highest BCUT2D eigenvalue weighted by molar-refractivity contribution is 7.89. The molecule has 0 bridgehead atoms. The summed E-state index contributed by atoms with van der Waals surface area (Å²) in [5.41, 5.74) is 9.12. The number of methoxy groups -OCH3 is 1. The van der Waals surface area contributed by atoms with Crippen molar-refractivity contribution in [3.8, 4) is 5.75 Å². The van der Waals surface area contributed by atoms with E-state index >= 15 is 0 Å². The number of carbonyl (C=O) groups excluding carboxylic acids is 1. The predicted molar refractivity (Wildman–Crippen MR) is 128 cm³/mol. The van der Waals surface area contributed by atoms with Gasteiger partial charge < -0.3 is 10.1 Å². The number of ether oxygens (including phenoxy) is 1. The van der Waals surface area contributed by atoms with Gasteiger partial charge in [-0.25, -0.2) is 8.42 Å². The number of amides is 1.